The molecule has 2 unspecified atom stereocenters. The fourth-order valence-electron chi connectivity index (χ4n) is 2.74. The van der Waals surface area contributed by atoms with Gasteiger partial charge in [-0.1, -0.05) is 0 Å². The third kappa shape index (κ3) is 2.43. The minimum atomic E-state index is 0.207. The summed E-state index contributed by atoms with van der Waals surface area (Å²) in [5.74, 6) is 1.80. The van der Waals surface area contributed by atoms with Gasteiger partial charge in [0.2, 0.25) is 0 Å². The first-order valence-corrected chi connectivity index (χ1v) is 7.15. The van der Waals surface area contributed by atoms with Crippen molar-refractivity contribution in [2.45, 2.75) is 33.0 Å². The first kappa shape index (κ1) is 13.2. The second-order valence-electron chi connectivity index (χ2n) is 5.30. The highest BCUT2D eigenvalue weighted by Gasteiger charge is 2.25. The average Bonchev–Trinajstić information content (AvgIpc) is 2.85. The van der Waals surface area contributed by atoms with Crippen LogP contribution in [-0.2, 0) is 4.74 Å². The van der Waals surface area contributed by atoms with Crippen LogP contribution in [0, 0.1) is 0 Å². The van der Waals surface area contributed by atoms with Crippen molar-refractivity contribution in [2.75, 3.05) is 29.9 Å². The van der Waals surface area contributed by atoms with E-state index in [1.807, 2.05) is 23.0 Å². The minimum Gasteiger partial charge on any atom is -0.372 e. The zero-order valence-electron chi connectivity index (χ0n) is 12.2. The zero-order valence-corrected chi connectivity index (χ0v) is 12.2. The van der Waals surface area contributed by atoms with Crippen LogP contribution < -0.4 is 10.2 Å². The van der Waals surface area contributed by atoms with Gasteiger partial charge in [-0.25, -0.2) is 9.97 Å². The molecule has 1 saturated heterocycles. The Balaban J connectivity index is 2.02. The summed E-state index contributed by atoms with van der Waals surface area (Å²) in [5.41, 5.74) is 0.896. The molecule has 6 heteroatoms. The molecular formula is C14H21N5O. The molecule has 2 aromatic heterocycles. The smallest absolute Gasteiger partial charge is 0.180 e. The lowest BCUT2D eigenvalue weighted by atomic mass is 10.2. The van der Waals surface area contributed by atoms with Crippen molar-refractivity contribution in [1.82, 2.24) is 14.4 Å². The number of aromatic nitrogens is 3. The molecule has 3 rings (SSSR count). The van der Waals surface area contributed by atoms with Crippen LogP contribution >= 0.6 is 0 Å². The highest BCUT2D eigenvalue weighted by molar-refractivity contribution is 5.67. The quantitative estimate of drug-likeness (QED) is 0.925. The summed E-state index contributed by atoms with van der Waals surface area (Å²) in [6.07, 6.45) is 6.15. The molecular weight excluding hydrogens is 254 g/mol. The van der Waals surface area contributed by atoms with E-state index >= 15 is 0 Å². The van der Waals surface area contributed by atoms with Crippen LogP contribution in [0.2, 0.25) is 0 Å². The number of nitrogens with zero attached hydrogens (tertiary/aromatic N) is 4. The Labute approximate surface area is 118 Å². The van der Waals surface area contributed by atoms with Gasteiger partial charge in [0.1, 0.15) is 5.82 Å². The van der Waals surface area contributed by atoms with E-state index in [4.69, 9.17) is 9.72 Å². The maximum Gasteiger partial charge on any atom is 0.180 e. The summed E-state index contributed by atoms with van der Waals surface area (Å²) in [6, 6.07) is 0. The Bertz CT molecular complexity index is 586. The molecule has 1 N–H and O–H groups in total. The lowest BCUT2D eigenvalue weighted by Gasteiger charge is -2.36. The highest BCUT2D eigenvalue weighted by atomic mass is 16.5. The first-order chi connectivity index (χ1) is 9.67. The zero-order chi connectivity index (χ0) is 14.1. The van der Waals surface area contributed by atoms with Gasteiger partial charge in [-0.3, -0.25) is 0 Å². The monoisotopic (exact) mass is 275 g/mol. The van der Waals surface area contributed by atoms with Crippen molar-refractivity contribution < 1.29 is 4.74 Å². The lowest BCUT2D eigenvalue weighted by molar-refractivity contribution is -0.00539. The summed E-state index contributed by atoms with van der Waals surface area (Å²) in [6.45, 7) is 8.80. The van der Waals surface area contributed by atoms with Crippen LogP contribution in [0.1, 0.15) is 20.8 Å². The van der Waals surface area contributed by atoms with Gasteiger partial charge >= 0.3 is 0 Å². The van der Waals surface area contributed by atoms with E-state index in [9.17, 15) is 0 Å². The number of morpholine rings is 1. The Morgan fingerprint density at radius 2 is 2.10 bits per heavy atom. The number of ether oxygens (including phenoxy) is 1. The summed E-state index contributed by atoms with van der Waals surface area (Å²) in [4.78, 5) is 11.4. The second-order valence-corrected chi connectivity index (χ2v) is 5.30. The predicted molar refractivity (Wildman–Crippen MR) is 79.4 cm³/mol. The molecule has 1 aliphatic heterocycles. The standard InChI is InChI=1S/C14H21N5O/c1-4-15-12-9-18-6-5-16-13(18)14(17-12)19-7-10(2)20-11(3)8-19/h5-6,9-11,15H,4,7-8H2,1-3H3. The SMILES string of the molecule is CCNc1cn2ccnc2c(N2CC(C)OC(C)C2)n1. The number of hydrogen-bond acceptors (Lipinski definition) is 5. The van der Waals surface area contributed by atoms with Gasteiger partial charge in [-0.2, -0.15) is 0 Å². The van der Waals surface area contributed by atoms with Gasteiger partial charge in [-0.15, -0.1) is 0 Å². The molecule has 1 fully saturated rings. The maximum absolute atomic E-state index is 5.80. The van der Waals surface area contributed by atoms with E-state index in [1.54, 1.807) is 0 Å². The normalized spacial score (nSPS) is 23.2. The van der Waals surface area contributed by atoms with Crippen molar-refractivity contribution in [3.8, 4) is 0 Å². The van der Waals surface area contributed by atoms with Gasteiger partial charge in [0.15, 0.2) is 11.5 Å². The molecule has 1 aliphatic rings. The number of fused-ring (bicyclic) bond motifs is 1. The predicted octanol–water partition coefficient (Wildman–Crippen LogP) is 1.77. The summed E-state index contributed by atoms with van der Waals surface area (Å²) >= 11 is 0. The van der Waals surface area contributed by atoms with Crippen molar-refractivity contribution in [1.29, 1.82) is 0 Å². The topological polar surface area (TPSA) is 54.7 Å². The van der Waals surface area contributed by atoms with Crippen LogP contribution in [0.3, 0.4) is 0 Å². The number of rotatable bonds is 3. The molecule has 0 spiro atoms. The lowest BCUT2D eigenvalue weighted by Crippen LogP contribution is -2.46. The number of imidazole rings is 1. The van der Waals surface area contributed by atoms with Crippen molar-refractivity contribution in [2.24, 2.45) is 0 Å². The van der Waals surface area contributed by atoms with Gasteiger partial charge in [-0.05, 0) is 20.8 Å². The van der Waals surface area contributed by atoms with Gasteiger partial charge < -0.3 is 19.4 Å². The van der Waals surface area contributed by atoms with Crippen LogP contribution in [0.15, 0.2) is 18.6 Å². The van der Waals surface area contributed by atoms with Crippen molar-refractivity contribution >= 4 is 17.3 Å². The molecule has 2 atom stereocenters. The van der Waals surface area contributed by atoms with E-state index in [-0.39, 0.29) is 12.2 Å². The Hall–Kier alpha value is -1.82. The summed E-state index contributed by atoms with van der Waals surface area (Å²) in [5, 5.41) is 3.27. The Morgan fingerprint density at radius 3 is 2.80 bits per heavy atom. The van der Waals surface area contributed by atoms with Crippen LogP contribution in [0.4, 0.5) is 11.6 Å². The molecule has 0 aromatic carbocycles. The van der Waals surface area contributed by atoms with Gasteiger partial charge in [0.05, 0.1) is 18.4 Å². The summed E-state index contributed by atoms with van der Waals surface area (Å²) in [7, 11) is 0. The molecule has 3 heterocycles. The fraction of sp³-hybridized carbons (Fsp3) is 0.571. The highest BCUT2D eigenvalue weighted by Crippen LogP contribution is 2.24. The van der Waals surface area contributed by atoms with Crippen LogP contribution in [0.5, 0.6) is 0 Å². The molecule has 20 heavy (non-hydrogen) atoms. The molecule has 0 aliphatic carbocycles. The first-order valence-electron chi connectivity index (χ1n) is 7.15. The van der Waals surface area contributed by atoms with Crippen molar-refractivity contribution in [3.05, 3.63) is 18.6 Å². The number of hydrogen-bond donors (Lipinski definition) is 1. The van der Waals surface area contributed by atoms with E-state index in [2.05, 4.69) is 36.0 Å². The molecule has 0 bridgehead atoms. The van der Waals surface area contributed by atoms with E-state index in [1.165, 1.54) is 0 Å². The molecule has 0 radical (unpaired) electrons. The van der Waals surface area contributed by atoms with Crippen LogP contribution in [-0.4, -0.2) is 46.2 Å². The molecule has 108 valence electrons. The largest absolute Gasteiger partial charge is 0.372 e. The van der Waals surface area contributed by atoms with Crippen molar-refractivity contribution in [3.63, 3.8) is 0 Å². The molecule has 0 amide bonds. The second kappa shape index (κ2) is 5.28. The third-order valence-corrected chi connectivity index (χ3v) is 3.43. The Morgan fingerprint density at radius 1 is 1.35 bits per heavy atom. The average molecular weight is 275 g/mol. The van der Waals surface area contributed by atoms with Crippen LogP contribution in [0.25, 0.3) is 5.65 Å². The molecule has 2 aromatic rings. The van der Waals surface area contributed by atoms with E-state index in [0.717, 1.165) is 36.9 Å². The van der Waals surface area contributed by atoms with E-state index < -0.39 is 0 Å². The minimum absolute atomic E-state index is 0.207. The molecule has 0 saturated carbocycles. The number of nitrogens with one attached hydrogen (secondary N) is 1. The Kier molecular flexibility index (Phi) is 3.48. The van der Waals surface area contributed by atoms with Gasteiger partial charge in [0.25, 0.3) is 0 Å². The van der Waals surface area contributed by atoms with E-state index in [0.29, 0.717) is 0 Å². The number of anilines is 2. The van der Waals surface area contributed by atoms with Gasteiger partial charge in [0, 0.05) is 32.0 Å². The fourth-order valence-corrected chi connectivity index (χ4v) is 2.74. The molecule has 6 nitrogen and oxygen atoms in total. The maximum atomic E-state index is 5.80. The third-order valence-electron chi connectivity index (χ3n) is 3.43. The summed E-state index contributed by atoms with van der Waals surface area (Å²) < 4.78 is 7.82.